The standard InChI is InChI=1S/C21H27N3O4/c1-23(2)8-3-4-17-14-24(9-11-26-17)21(25)18-13-20(28-22-18)15-5-6-19-16(12-15)7-10-27-19/h5-6,12-13,17H,3-4,7-11,14H2,1-2H3. The molecule has 1 aromatic heterocycles. The molecule has 0 aliphatic carbocycles. The third-order valence-electron chi connectivity index (χ3n) is 5.26. The van der Waals surface area contributed by atoms with Crippen LogP contribution in [0.2, 0.25) is 0 Å². The van der Waals surface area contributed by atoms with E-state index in [2.05, 4.69) is 24.2 Å². The molecule has 7 nitrogen and oxygen atoms in total. The summed E-state index contributed by atoms with van der Waals surface area (Å²) >= 11 is 0. The average molecular weight is 385 g/mol. The van der Waals surface area contributed by atoms with E-state index in [0.29, 0.717) is 37.8 Å². The van der Waals surface area contributed by atoms with Crippen LogP contribution in [0.4, 0.5) is 0 Å². The summed E-state index contributed by atoms with van der Waals surface area (Å²) in [4.78, 5) is 16.9. The summed E-state index contributed by atoms with van der Waals surface area (Å²) in [7, 11) is 4.13. The van der Waals surface area contributed by atoms with Crippen molar-refractivity contribution in [2.45, 2.75) is 25.4 Å². The van der Waals surface area contributed by atoms with Gasteiger partial charge in [0.2, 0.25) is 0 Å². The number of hydrogen-bond acceptors (Lipinski definition) is 6. The van der Waals surface area contributed by atoms with Gasteiger partial charge in [-0.3, -0.25) is 4.79 Å². The second-order valence-corrected chi connectivity index (χ2v) is 7.69. The lowest BCUT2D eigenvalue weighted by atomic mass is 10.1. The fourth-order valence-corrected chi connectivity index (χ4v) is 3.73. The van der Waals surface area contributed by atoms with Crippen molar-refractivity contribution in [1.29, 1.82) is 0 Å². The largest absolute Gasteiger partial charge is 0.493 e. The molecule has 2 aromatic rings. The molecule has 1 aromatic carbocycles. The van der Waals surface area contributed by atoms with E-state index in [4.69, 9.17) is 14.0 Å². The van der Waals surface area contributed by atoms with Crippen LogP contribution >= 0.6 is 0 Å². The van der Waals surface area contributed by atoms with Gasteiger partial charge >= 0.3 is 0 Å². The van der Waals surface area contributed by atoms with E-state index < -0.39 is 0 Å². The van der Waals surface area contributed by atoms with Gasteiger partial charge in [0.05, 0.1) is 19.3 Å². The molecule has 0 N–H and O–H groups in total. The Morgan fingerprint density at radius 3 is 3.04 bits per heavy atom. The predicted molar refractivity (Wildman–Crippen MR) is 105 cm³/mol. The number of morpholine rings is 1. The minimum Gasteiger partial charge on any atom is -0.493 e. The van der Waals surface area contributed by atoms with Crippen molar-refractivity contribution in [2.75, 3.05) is 46.9 Å². The predicted octanol–water partition coefficient (Wildman–Crippen LogP) is 2.46. The summed E-state index contributed by atoms with van der Waals surface area (Å²) in [5, 5.41) is 4.03. The number of nitrogens with zero attached hydrogens (tertiary/aromatic N) is 3. The number of rotatable bonds is 6. The monoisotopic (exact) mass is 385 g/mol. The summed E-state index contributed by atoms with van der Waals surface area (Å²) in [6.45, 7) is 3.48. The Hall–Kier alpha value is -2.38. The first kappa shape index (κ1) is 19.0. The number of amides is 1. The Labute approximate surface area is 165 Å². The highest BCUT2D eigenvalue weighted by molar-refractivity contribution is 5.93. The van der Waals surface area contributed by atoms with Gasteiger partial charge < -0.3 is 23.8 Å². The van der Waals surface area contributed by atoms with E-state index in [1.807, 2.05) is 23.1 Å². The molecule has 1 fully saturated rings. The molecule has 2 aliphatic rings. The third-order valence-corrected chi connectivity index (χ3v) is 5.26. The number of benzene rings is 1. The topological polar surface area (TPSA) is 68.0 Å². The molecule has 7 heteroatoms. The summed E-state index contributed by atoms with van der Waals surface area (Å²) in [5.41, 5.74) is 2.43. The van der Waals surface area contributed by atoms with Gasteiger partial charge in [-0.1, -0.05) is 5.16 Å². The first-order valence-electron chi connectivity index (χ1n) is 9.88. The number of ether oxygens (including phenoxy) is 2. The van der Waals surface area contributed by atoms with Gasteiger partial charge in [0.1, 0.15) is 5.75 Å². The number of carbonyl (C=O) groups is 1. The third kappa shape index (κ3) is 4.20. The van der Waals surface area contributed by atoms with Crippen LogP contribution in [0.25, 0.3) is 11.3 Å². The minimum absolute atomic E-state index is 0.0840. The zero-order valence-corrected chi connectivity index (χ0v) is 16.5. The quantitative estimate of drug-likeness (QED) is 0.761. The molecule has 0 bridgehead atoms. The van der Waals surface area contributed by atoms with Crippen LogP contribution in [0.1, 0.15) is 28.9 Å². The Morgan fingerprint density at radius 2 is 2.18 bits per heavy atom. The molecule has 4 rings (SSSR count). The normalized spacial score (nSPS) is 19.0. The van der Waals surface area contributed by atoms with Crippen LogP contribution in [0.15, 0.2) is 28.8 Å². The van der Waals surface area contributed by atoms with Crippen molar-refractivity contribution in [3.63, 3.8) is 0 Å². The highest BCUT2D eigenvalue weighted by atomic mass is 16.5. The lowest BCUT2D eigenvalue weighted by molar-refractivity contribution is -0.0263. The molecule has 0 spiro atoms. The zero-order chi connectivity index (χ0) is 19.5. The lowest BCUT2D eigenvalue weighted by Gasteiger charge is -2.32. The Morgan fingerprint density at radius 1 is 1.29 bits per heavy atom. The van der Waals surface area contributed by atoms with Crippen molar-refractivity contribution in [3.8, 4) is 17.1 Å². The van der Waals surface area contributed by atoms with Gasteiger partial charge in [0, 0.05) is 31.1 Å². The first-order chi connectivity index (χ1) is 13.6. The molecule has 3 heterocycles. The molecule has 1 atom stereocenters. The number of hydrogen-bond donors (Lipinski definition) is 0. The molecule has 0 saturated carbocycles. The molecule has 1 saturated heterocycles. The van der Waals surface area contributed by atoms with Crippen LogP contribution in [-0.4, -0.2) is 73.9 Å². The van der Waals surface area contributed by atoms with Crippen LogP contribution in [-0.2, 0) is 11.2 Å². The number of fused-ring (bicyclic) bond motifs is 1. The molecular formula is C21H27N3O4. The Kier molecular flexibility index (Phi) is 5.64. The maximum absolute atomic E-state index is 12.9. The van der Waals surface area contributed by atoms with Gasteiger partial charge in [-0.2, -0.15) is 0 Å². The first-order valence-corrected chi connectivity index (χ1v) is 9.88. The van der Waals surface area contributed by atoms with Crippen LogP contribution < -0.4 is 4.74 Å². The fourth-order valence-electron chi connectivity index (χ4n) is 3.73. The minimum atomic E-state index is -0.0968. The van der Waals surface area contributed by atoms with Gasteiger partial charge in [-0.25, -0.2) is 0 Å². The van der Waals surface area contributed by atoms with E-state index in [1.54, 1.807) is 6.07 Å². The van der Waals surface area contributed by atoms with E-state index in [-0.39, 0.29) is 12.0 Å². The molecule has 150 valence electrons. The Balaban J connectivity index is 1.40. The highest BCUT2D eigenvalue weighted by Crippen LogP contribution is 2.31. The molecule has 28 heavy (non-hydrogen) atoms. The SMILES string of the molecule is CN(C)CCCC1CN(C(=O)c2cc(-c3ccc4c(c3)CCO4)on2)CCO1. The molecule has 1 amide bonds. The van der Waals surface area contributed by atoms with Gasteiger partial charge in [-0.15, -0.1) is 0 Å². The maximum atomic E-state index is 12.9. The molecule has 2 aliphatic heterocycles. The van der Waals surface area contributed by atoms with Gasteiger partial charge in [0.25, 0.3) is 5.91 Å². The second kappa shape index (κ2) is 8.32. The van der Waals surface area contributed by atoms with E-state index in [1.165, 1.54) is 0 Å². The summed E-state index contributed by atoms with van der Waals surface area (Å²) in [6.07, 6.45) is 2.98. The number of aromatic nitrogens is 1. The van der Waals surface area contributed by atoms with Gasteiger partial charge in [0.15, 0.2) is 11.5 Å². The molecule has 0 radical (unpaired) electrons. The fraction of sp³-hybridized carbons (Fsp3) is 0.524. The zero-order valence-electron chi connectivity index (χ0n) is 16.5. The van der Waals surface area contributed by atoms with E-state index in [9.17, 15) is 4.79 Å². The van der Waals surface area contributed by atoms with Crippen LogP contribution in [0.5, 0.6) is 5.75 Å². The summed E-state index contributed by atoms with van der Waals surface area (Å²) in [6, 6.07) is 7.67. The maximum Gasteiger partial charge on any atom is 0.276 e. The van der Waals surface area contributed by atoms with Gasteiger partial charge in [-0.05, 0) is 57.2 Å². The Bertz CT molecular complexity index is 833. The van der Waals surface area contributed by atoms with Crippen molar-refractivity contribution in [3.05, 3.63) is 35.5 Å². The average Bonchev–Trinajstić information content (AvgIpc) is 3.36. The highest BCUT2D eigenvalue weighted by Gasteiger charge is 2.27. The molecular weight excluding hydrogens is 358 g/mol. The van der Waals surface area contributed by atoms with Crippen molar-refractivity contribution < 1.29 is 18.8 Å². The summed E-state index contributed by atoms with van der Waals surface area (Å²) < 4.78 is 16.8. The lowest BCUT2D eigenvalue weighted by Crippen LogP contribution is -2.45. The van der Waals surface area contributed by atoms with Crippen LogP contribution in [0, 0.1) is 0 Å². The number of carbonyl (C=O) groups excluding carboxylic acids is 1. The second-order valence-electron chi connectivity index (χ2n) is 7.69. The van der Waals surface area contributed by atoms with Crippen molar-refractivity contribution >= 4 is 5.91 Å². The van der Waals surface area contributed by atoms with E-state index in [0.717, 1.165) is 42.7 Å². The summed E-state index contributed by atoms with van der Waals surface area (Å²) in [5.74, 6) is 1.43. The van der Waals surface area contributed by atoms with Crippen molar-refractivity contribution in [2.24, 2.45) is 0 Å². The molecule has 1 unspecified atom stereocenters. The van der Waals surface area contributed by atoms with Crippen molar-refractivity contribution in [1.82, 2.24) is 15.0 Å². The van der Waals surface area contributed by atoms with E-state index >= 15 is 0 Å². The smallest absolute Gasteiger partial charge is 0.276 e. The van der Waals surface area contributed by atoms with Crippen LogP contribution in [0.3, 0.4) is 0 Å².